The van der Waals surface area contributed by atoms with E-state index in [9.17, 15) is 8.42 Å². The maximum atomic E-state index is 11.5. The summed E-state index contributed by atoms with van der Waals surface area (Å²) < 4.78 is 25.5. The van der Waals surface area contributed by atoms with Crippen molar-refractivity contribution in [1.29, 1.82) is 0 Å². The van der Waals surface area contributed by atoms with E-state index in [0.29, 0.717) is 13.1 Å². The zero-order valence-electron chi connectivity index (χ0n) is 10.2. The molecular formula is C11H19N3O2S. The number of sulfonamides is 1. The predicted molar refractivity (Wildman–Crippen MR) is 68.0 cm³/mol. The van der Waals surface area contributed by atoms with Crippen LogP contribution in [-0.4, -0.2) is 31.7 Å². The Labute approximate surface area is 103 Å². The molecule has 0 aliphatic heterocycles. The van der Waals surface area contributed by atoms with Gasteiger partial charge in [0.05, 0.1) is 5.75 Å². The van der Waals surface area contributed by atoms with Gasteiger partial charge in [0.15, 0.2) is 0 Å². The molecule has 0 saturated carbocycles. The highest BCUT2D eigenvalue weighted by atomic mass is 32.2. The number of aromatic nitrogens is 1. The first-order valence-corrected chi connectivity index (χ1v) is 7.24. The maximum absolute atomic E-state index is 11.5. The monoisotopic (exact) mass is 257 g/mol. The summed E-state index contributed by atoms with van der Waals surface area (Å²) in [5, 5.41) is 3.07. The molecular weight excluding hydrogens is 238 g/mol. The van der Waals surface area contributed by atoms with Gasteiger partial charge in [0, 0.05) is 31.5 Å². The standard InChI is InChI=1S/C11H19N3O2S/c1-10(2)14-17(15,16)7-6-13-9-11-4-3-5-12-8-11/h3-5,8,10,13-14H,6-7,9H2,1-2H3. The van der Waals surface area contributed by atoms with Crippen molar-refractivity contribution in [1.82, 2.24) is 15.0 Å². The van der Waals surface area contributed by atoms with Gasteiger partial charge in [0.1, 0.15) is 0 Å². The maximum Gasteiger partial charge on any atom is 0.213 e. The first-order chi connectivity index (χ1) is 7.99. The highest BCUT2D eigenvalue weighted by Crippen LogP contribution is 1.94. The molecule has 0 aliphatic rings. The van der Waals surface area contributed by atoms with Crippen molar-refractivity contribution in [2.45, 2.75) is 26.4 Å². The first kappa shape index (κ1) is 14.1. The predicted octanol–water partition coefficient (Wildman–Crippen LogP) is 0.499. The van der Waals surface area contributed by atoms with Gasteiger partial charge >= 0.3 is 0 Å². The molecule has 96 valence electrons. The molecule has 0 fully saturated rings. The summed E-state index contributed by atoms with van der Waals surface area (Å²) in [6.45, 7) is 4.67. The molecule has 0 bridgehead atoms. The quantitative estimate of drug-likeness (QED) is 0.698. The summed E-state index contributed by atoms with van der Waals surface area (Å²) in [7, 11) is -3.16. The largest absolute Gasteiger partial charge is 0.312 e. The lowest BCUT2D eigenvalue weighted by atomic mass is 10.3. The third-order valence-corrected chi connectivity index (χ3v) is 3.59. The van der Waals surface area contributed by atoms with E-state index in [1.54, 1.807) is 26.2 Å². The van der Waals surface area contributed by atoms with Gasteiger partial charge in [-0.05, 0) is 25.5 Å². The normalized spacial score (nSPS) is 11.9. The van der Waals surface area contributed by atoms with Crippen LogP contribution in [0.15, 0.2) is 24.5 Å². The average molecular weight is 257 g/mol. The van der Waals surface area contributed by atoms with Crippen LogP contribution < -0.4 is 10.0 Å². The lowest BCUT2D eigenvalue weighted by Gasteiger charge is -2.09. The minimum absolute atomic E-state index is 0.0571. The van der Waals surface area contributed by atoms with Crippen molar-refractivity contribution in [3.8, 4) is 0 Å². The molecule has 1 heterocycles. The van der Waals surface area contributed by atoms with Crippen molar-refractivity contribution in [2.75, 3.05) is 12.3 Å². The Morgan fingerprint density at radius 2 is 2.18 bits per heavy atom. The zero-order chi connectivity index (χ0) is 12.7. The summed E-state index contributed by atoms with van der Waals surface area (Å²) in [4.78, 5) is 3.98. The van der Waals surface area contributed by atoms with E-state index in [4.69, 9.17) is 0 Å². The van der Waals surface area contributed by atoms with Gasteiger partial charge < -0.3 is 5.32 Å². The van der Waals surface area contributed by atoms with Crippen molar-refractivity contribution in [2.24, 2.45) is 0 Å². The molecule has 0 atom stereocenters. The Morgan fingerprint density at radius 1 is 1.41 bits per heavy atom. The highest BCUT2D eigenvalue weighted by Gasteiger charge is 2.10. The van der Waals surface area contributed by atoms with E-state index in [0.717, 1.165) is 5.56 Å². The topological polar surface area (TPSA) is 71.1 Å². The second-order valence-electron chi connectivity index (χ2n) is 4.13. The highest BCUT2D eigenvalue weighted by molar-refractivity contribution is 7.89. The third kappa shape index (κ3) is 6.35. The van der Waals surface area contributed by atoms with Crippen LogP contribution in [0.5, 0.6) is 0 Å². The lowest BCUT2D eigenvalue weighted by molar-refractivity contribution is 0.565. The van der Waals surface area contributed by atoms with Crippen LogP contribution in [0, 0.1) is 0 Å². The number of nitrogens with zero attached hydrogens (tertiary/aromatic N) is 1. The van der Waals surface area contributed by atoms with Crippen molar-refractivity contribution in [3.63, 3.8) is 0 Å². The van der Waals surface area contributed by atoms with Crippen molar-refractivity contribution < 1.29 is 8.42 Å². The molecule has 0 spiro atoms. The van der Waals surface area contributed by atoms with Gasteiger partial charge in [-0.15, -0.1) is 0 Å². The fourth-order valence-electron chi connectivity index (χ4n) is 1.36. The number of hydrogen-bond acceptors (Lipinski definition) is 4. The van der Waals surface area contributed by atoms with Gasteiger partial charge in [-0.25, -0.2) is 13.1 Å². The van der Waals surface area contributed by atoms with E-state index in [-0.39, 0.29) is 11.8 Å². The molecule has 5 nitrogen and oxygen atoms in total. The summed E-state index contributed by atoms with van der Waals surface area (Å²) in [5.41, 5.74) is 1.04. The molecule has 1 aromatic rings. The van der Waals surface area contributed by atoms with Crippen LogP contribution in [0.4, 0.5) is 0 Å². The molecule has 1 aromatic heterocycles. The van der Waals surface area contributed by atoms with E-state index < -0.39 is 10.0 Å². The minimum Gasteiger partial charge on any atom is -0.312 e. The SMILES string of the molecule is CC(C)NS(=O)(=O)CCNCc1cccnc1. The van der Waals surface area contributed by atoms with Crippen LogP contribution in [0.1, 0.15) is 19.4 Å². The Kier molecular flexibility index (Phi) is 5.54. The van der Waals surface area contributed by atoms with Crippen molar-refractivity contribution >= 4 is 10.0 Å². The number of rotatable bonds is 7. The summed E-state index contributed by atoms with van der Waals surface area (Å²) >= 11 is 0. The Balaban J connectivity index is 2.25. The van der Waals surface area contributed by atoms with Crippen LogP contribution in [-0.2, 0) is 16.6 Å². The van der Waals surface area contributed by atoms with E-state index in [1.807, 2.05) is 12.1 Å². The smallest absolute Gasteiger partial charge is 0.213 e. The Hall–Kier alpha value is -0.980. The summed E-state index contributed by atoms with van der Waals surface area (Å²) in [6.07, 6.45) is 3.47. The average Bonchev–Trinajstić information content (AvgIpc) is 2.24. The molecule has 0 aliphatic carbocycles. The van der Waals surface area contributed by atoms with Gasteiger partial charge in [-0.1, -0.05) is 6.07 Å². The Bertz CT molecular complexity index is 418. The third-order valence-electron chi connectivity index (χ3n) is 2.01. The minimum atomic E-state index is -3.16. The molecule has 6 heteroatoms. The van der Waals surface area contributed by atoms with Crippen molar-refractivity contribution in [3.05, 3.63) is 30.1 Å². The summed E-state index contributed by atoms with van der Waals surface area (Å²) in [5.74, 6) is 0.0887. The van der Waals surface area contributed by atoms with Crippen LogP contribution in [0.25, 0.3) is 0 Å². The molecule has 0 radical (unpaired) electrons. The summed E-state index contributed by atoms with van der Waals surface area (Å²) in [6, 6.07) is 3.74. The second kappa shape index (κ2) is 6.68. The molecule has 0 unspecified atom stereocenters. The fraction of sp³-hybridized carbons (Fsp3) is 0.545. The molecule has 1 rings (SSSR count). The van der Waals surface area contributed by atoms with Crippen LogP contribution in [0.3, 0.4) is 0 Å². The zero-order valence-corrected chi connectivity index (χ0v) is 11.0. The molecule has 0 saturated heterocycles. The number of nitrogens with one attached hydrogen (secondary N) is 2. The number of pyridine rings is 1. The van der Waals surface area contributed by atoms with Gasteiger partial charge in [-0.2, -0.15) is 0 Å². The van der Waals surface area contributed by atoms with Gasteiger partial charge in [-0.3, -0.25) is 4.98 Å². The lowest BCUT2D eigenvalue weighted by Crippen LogP contribution is -2.35. The first-order valence-electron chi connectivity index (χ1n) is 5.59. The van der Waals surface area contributed by atoms with Gasteiger partial charge in [0.25, 0.3) is 0 Å². The van der Waals surface area contributed by atoms with Crippen LogP contribution in [0.2, 0.25) is 0 Å². The number of hydrogen-bond donors (Lipinski definition) is 2. The van der Waals surface area contributed by atoms with E-state index in [2.05, 4.69) is 15.0 Å². The molecule has 17 heavy (non-hydrogen) atoms. The second-order valence-corrected chi connectivity index (χ2v) is 6.00. The van der Waals surface area contributed by atoms with Gasteiger partial charge in [0.2, 0.25) is 10.0 Å². The molecule has 2 N–H and O–H groups in total. The fourth-order valence-corrected chi connectivity index (χ4v) is 2.61. The van der Waals surface area contributed by atoms with Crippen LogP contribution >= 0.6 is 0 Å². The Morgan fingerprint density at radius 3 is 2.76 bits per heavy atom. The molecule has 0 amide bonds. The van der Waals surface area contributed by atoms with E-state index in [1.165, 1.54) is 0 Å². The van der Waals surface area contributed by atoms with E-state index >= 15 is 0 Å². The molecule has 0 aromatic carbocycles.